The van der Waals surface area contributed by atoms with E-state index in [1.165, 1.54) is 51.4 Å². The molecule has 0 spiro atoms. The van der Waals surface area contributed by atoms with E-state index in [0.717, 1.165) is 18.1 Å². The Kier molecular flexibility index (Phi) is 6.77. The minimum Gasteiger partial charge on any atom is -0.367 e. The number of nitrogens with zero attached hydrogens (tertiary/aromatic N) is 2. The predicted molar refractivity (Wildman–Crippen MR) is 89.8 cm³/mol. The first-order valence-electron chi connectivity index (χ1n) is 8.67. The van der Waals surface area contributed by atoms with Crippen LogP contribution in [-0.4, -0.2) is 22.1 Å². The van der Waals surface area contributed by atoms with Gasteiger partial charge in [0.1, 0.15) is 18.0 Å². The molecular weight excluding hydrogens is 260 g/mol. The molecule has 1 saturated carbocycles. The van der Waals surface area contributed by atoms with E-state index in [1.807, 2.05) is 6.07 Å². The van der Waals surface area contributed by atoms with E-state index in [0.29, 0.717) is 12.1 Å². The van der Waals surface area contributed by atoms with Crippen LogP contribution in [-0.2, 0) is 0 Å². The Labute approximate surface area is 129 Å². The van der Waals surface area contributed by atoms with Crippen LogP contribution < -0.4 is 10.6 Å². The van der Waals surface area contributed by atoms with Gasteiger partial charge < -0.3 is 10.6 Å². The largest absolute Gasteiger partial charge is 0.367 e. The maximum atomic E-state index is 4.35. The van der Waals surface area contributed by atoms with Gasteiger partial charge in [-0.05, 0) is 25.7 Å². The van der Waals surface area contributed by atoms with Crippen LogP contribution in [0.25, 0.3) is 0 Å². The van der Waals surface area contributed by atoms with Crippen LogP contribution in [0.15, 0.2) is 12.4 Å². The van der Waals surface area contributed by atoms with Crippen LogP contribution in [0.3, 0.4) is 0 Å². The summed E-state index contributed by atoms with van der Waals surface area (Å²) in [6.45, 7) is 4.51. The molecule has 0 aliphatic heterocycles. The third-order valence-electron chi connectivity index (χ3n) is 4.10. The second-order valence-electron chi connectivity index (χ2n) is 6.16. The second kappa shape index (κ2) is 8.85. The zero-order valence-electron chi connectivity index (χ0n) is 13.6. The van der Waals surface area contributed by atoms with Crippen molar-refractivity contribution in [1.29, 1.82) is 0 Å². The Morgan fingerprint density at radius 2 is 1.86 bits per heavy atom. The average molecular weight is 290 g/mol. The smallest absolute Gasteiger partial charge is 0.131 e. The van der Waals surface area contributed by atoms with Gasteiger partial charge in [-0.3, -0.25) is 0 Å². The number of anilines is 2. The summed E-state index contributed by atoms with van der Waals surface area (Å²) < 4.78 is 0. The molecule has 1 unspecified atom stereocenters. The van der Waals surface area contributed by atoms with Crippen molar-refractivity contribution in [3.05, 3.63) is 12.4 Å². The lowest BCUT2D eigenvalue weighted by Gasteiger charge is -2.18. The van der Waals surface area contributed by atoms with Gasteiger partial charge in [-0.1, -0.05) is 46.0 Å². The maximum Gasteiger partial charge on any atom is 0.131 e. The lowest BCUT2D eigenvalue weighted by atomic mass is 10.0. The average Bonchev–Trinajstić information content (AvgIpc) is 3.30. The molecule has 1 aliphatic carbocycles. The Morgan fingerprint density at radius 3 is 2.57 bits per heavy atom. The van der Waals surface area contributed by atoms with Gasteiger partial charge in [-0.25, -0.2) is 9.97 Å². The highest BCUT2D eigenvalue weighted by Crippen LogP contribution is 2.24. The van der Waals surface area contributed by atoms with Crippen LogP contribution in [0.2, 0.25) is 0 Å². The molecule has 1 atom stereocenters. The minimum atomic E-state index is 0.523. The molecule has 4 nitrogen and oxygen atoms in total. The lowest BCUT2D eigenvalue weighted by Crippen LogP contribution is -2.19. The molecule has 1 aromatic rings. The van der Waals surface area contributed by atoms with E-state index in [4.69, 9.17) is 0 Å². The van der Waals surface area contributed by atoms with E-state index in [-0.39, 0.29) is 0 Å². The van der Waals surface area contributed by atoms with Crippen molar-refractivity contribution in [3.8, 4) is 0 Å². The minimum absolute atomic E-state index is 0.523. The van der Waals surface area contributed by atoms with Crippen LogP contribution in [0.4, 0.5) is 11.6 Å². The van der Waals surface area contributed by atoms with Gasteiger partial charge in [0.25, 0.3) is 0 Å². The van der Waals surface area contributed by atoms with Crippen molar-refractivity contribution >= 4 is 11.6 Å². The van der Waals surface area contributed by atoms with E-state index < -0.39 is 0 Å². The molecule has 1 aromatic heterocycles. The topological polar surface area (TPSA) is 49.8 Å². The number of nitrogens with one attached hydrogen (secondary N) is 2. The van der Waals surface area contributed by atoms with E-state index >= 15 is 0 Å². The fraction of sp³-hybridized carbons (Fsp3) is 0.765. The Morgan fingerprint density at radius 1 is 1.10 bits per heavy atom. The number of hydrogen-bond donors (Lipinski definition) is 2. The van der Waals surface area contributed by atoms with E-state index in [2.05, 4.69) is 34.4 Å². The second-order valence-corrected chi connectivity index (χ2v) is 6.16. The van der Waals surface area contributed by atoms with Gasteiger partial charge >= 0.3 is 0 Å². The molecule has 2 N–H and O–H groups in total. The first-order chi connectivity index (χ1) is 10.3. The molecule has 118 valence electrons. The quantitative estimate of drug-likeness (QED) is 0.585. The SMILES string of the molecule is CCCCCCCC(CC)Nc1cc(NC2CC2)ncn1. The van der Waals surface area contributed by atoms with Crippen LogP contribution in [0.1, 0.15) is 71.6 Å². The third-order valence-corrected chi connectivity index (χ3v) is 4.10. The number of rotatable bonds is 11. The summed E-state index contributed by atoms with van der Waals surface area (Å²) in [6.07, 6.45) is 13.3. The summed E-state index contributed by atoms with van der Waals surface area (Å²) in [5, 5.41) is 6.99. The van der Waals surface area contributed by atoms with Crippen molar-refractivity contribution in [2.24, 2.45) is 0 Å². The van der Waals surface area contributed by atoms with E-state index in [1.54, 1.807) is 6.33 Å². The summed E-state index contributed by atoms with van der Waals surface area (Å²) in [5.74, 6) is 1.90. The molecule has 1 heterocycles. The molecule has 0 radical (unpaired) electrons. The lowest BCUT2D eigenvalue weighted by molar-refractivity contribution is 0.550. The maximum absolute atomic E-state index is 4.35. The summed E-state index contributed by atoms with van der Waals surface area (Å²) >= 11 is 0. The number of hydrogen-bond acceptors (Lipinski definition) is 4. The Hall–Kier alpha value is -1.32. The predicted octanol–water partition coefficient (Wildman–Crippen LogP) is 4.60. The van der Waals surface area contributed by atoms with Gasteiger partial charge in [0.15, 0.2) is 0 Å². The molecule has 0 amide bonds. The van der Waals surface area contributed by atoms with Crippen molar-refractivity contribution in [3.63, 3.8) is 0 Å². The van der Waals surface area contributed by atoms with Crippen molar-refractivity contribution in [2.75, 3.05) is 10.6 Å². The molecule has 1 fully saturated rings. The number of unbranched alkanes of at least 4 members (excludes halogenated alkanes) is 4. The van der Waals surface area contributed by atoms with Gasteiger partial charge in [-0.2, -0.15) is 0 Å². The zero-order valence-corrected chi connectivity index (χ0v) is 13.6. The first kappa shape index (κ1) is 16.1. The Bertz CT molecular complexity index is 404. The molecule has 0 bridgehead atoms. The third kappa shape index (κ3) is 6.32. The molecule has 2 rings (SSSR count). The molecule has 4 heteroatoms. The van der Waals surface area contributed by atoms with Crippen LogP contribution >= 0.6 is 0 Å². The highest BCUT2D eigenvalue weighted by molar-refractivity contribution is 5.48. The van der Waals surface area contributed by atoms with Crippen LogP contribution in [0, 0.1) is 0 Å². The van der Waals surface area contributed by atoms with Gasteiger partial charge in [0.05, 0.1) is 0 Å². The van der Waals surface area contributed by atoms with Crippen molar-refractivity contribution in [2.45, 2.75) is 83.7 Å². The molecule has 21 heavy (non-hydrogen) atoms. The molecule has 0 saturated heterocycles. The molecular formula is C17H30N4. The van der Waals surface area contributed by atoms with Gasteiger partial charge in [-0.15, -0.1) is 0 Å². The normalized spacial score (nSPS) is 15.7. The summed E-state index contributed by atoms with van der Waals surface area (Å²) in [7, 11) is 0. The van der Waals surface area contributed by atoms with Crippen LogP contribution in [0.5, 0.6) is 0 Å². The summed E-state index contributed by atoms with van der Waals surface area (Å²) in [5.41, 5.74) is 0. The fourth-order valence-corrected chi connectivity index (χ4v) is 2.53. The van der Waals surface area contributed by atoms with Gasteiger partial charge in [0, 0.05) is 18.2 Å². The van der Waals surface area contributed by atoms with Gasteiger partial charge in [0.2, 0.25) is 0 Å². The Balaban J connectivity index is 1.74. The number of aromatic nitrogens is 2. The summed E-state index contributed by atoms with van der Waals surface area (Å²) in [6, 6.07) is 3.20. The molecule has 1 aliphatic rings. The first-order valence-corrected chi connectivity index (χ1v) is 8.67. The zero-order chi connectivity index (χ0) is 14.9. The summed E-state index contributed by atoms with van der Waals surface area (Å²) in [4.78, 5) is 8.64. The van der Waals surface area contributed by atoms with Crippen molar-refractivity contribution < 1.29 is 0 Å². The monoisotopic (exact) mass is 290 g/mol. The highest BCUT2D eigenvalue weighted by Gasteiger charge is 2.21. The highest BCUT2D eigenvalue weighted by atomic mass is 15.1. The van der Waals surface area contributed by atoms with Crippen molar-refractivity contribution in [1.82, 2.24) is 9.97 Å². The standard InChI is InChI=1S/C17H30N4/c1-3-5-6-7-8-9-14(4-2)20-16-12-17(19-13-18-16)21-15-10-11-15/h12-15H,3-11H2,1-2H3,(H2,18,19,20,21). The van der Waals surface area contributed by atoms with E-state index in [9.17, 15) is 0 Å². The fourth-order valence-electron chi connectivity index (χ4n) is 2.53. The molecule has 0 aromatic carbocycles.